The van der Waals surface area contributed by atoms with Gasteiger partial charge < -0.3 is 9.47 Å². The Bertz CT molecular complexity index is 576. The van der Waals surface area contributed by atoms with Gasteiger partial charge in [-0.05, 0) is 34.1 Å². The summed E-state index contributed by atoms with van der Waals surface area (Å²) in [5.41, 5.74) is 0.624. The van der Waals surface area contributed by atoms with Crippen molar-refractivity contribution in [2.75, 3.05) is 13.2 Å². The van der Waals surface area contributed by atoms with E-state index in [0.717, 1.165) is 30.2 Å². The second-order valence-electron chi connectivity index (χ2n) is 7.20. The summed E-state index contributed by atoms with van der Waals surface area (Å²) in [7, 11) is 0. The molecule has 1 fully saturated rings. The average Bonchev–Trinajstić information content (AvgIpc) is 3.06. The van der Waals surface area contributed by atoms with E-state index in [9.17, 15) is 4.79 Å². The molecule has 1 aromatic rings. The lowest BCUT2D eigenvalue weighted by molar-refractivity contribution is 0.00878. The number of hydrogen-bond donors (Lipinski definition) is 0. The summed E-state index contributed by atoms with van der Waals surface area (Å²) in [4.78, 5) is 15.4. The Balaban J connectivity index is 1.74. The average molecular weight is 339 g/mol. The predicted molar refractivity (Wildman–Crippen MR) is 88.5 cm³/mol. The topological polar surface area (TPSA) is 56.6 Å². The highest BCUT2D eigenvalue weighted by Gasteiger charge is 2.33. The summed E-state index contributed by atoms with van der Waals surface area (Å²) in [5, 5.41) is 4.98. The van der Waals surface area contributed by atoms with Gasteiger partial charge in [0.1, 0.15) is 5.60 Å². The van der Waals surface area contributed by atoms with Crippen molar-refractivity contribution in [1.82, 2.24) is 14.7 Å². The first-order valence-corrected chi connectivity index (χ1v) is 9.00. The SMILES string of the molecule is C[C@H]1Cn2ncc(SC3CCOC3)c2CN1C(=O)OC(C)(C)C. The lowest BCUT2D eigenvalue weighted by Crippen LogP contribution is -2.47. The van der Waals surface area contributed by atoms with Crippen LogP contribution in [0, 0.1) is 0 Å². The summed E-state index contributed by atoms with van der Waals surface area (Å²) >= 11 is 1.81. The molecular weight excluding hydrogens is 314 g/mol. The Morgan fingerprint density at radius 3 is 2.91 bits per heavy atom. The molecule has 3 rings (SSSR count). The van der Waals surface area contributed by atoms with Gasteiger partial charge in [0.05, 0.1) is 42.5 Å². The summed E-state index contributed by atoms with van der Waals surface area (Å²) in [6.45, 7) is 10.6. The fourth-order valence-corrected chi connectivity index (χ4v) is 3.98. The van der Waals surface area contributed by atoms with Gasteiger partial charge in [0.25, 0.3) is 0 Å². The lowest BCUT2D eigenvalue weighted by Gasteiger charge is -2.35. The van der Waals surface area contributed by atoms with Crippen LogP contribution in [0.1, 0.15) is 39.8 Å². The minimum atomic E-state index is -0.479. The lowest BCUT2D eigenvalue weighted by atomic mass is 10.2. The van der Waals surface area contributed by atoms with Gasteiger partial charge in [-0.15, -0.1) is 11.8 Å². The number of aromatic nitrogens is 2. The highest BCUT2D eigenvalue weighted by atomic mass is 32.2. The van der Waals surface area contributed by atoms with Crippen molar-refractivity contribution in [3.63, 3.8) is 0 Å². The third-order valence-electron chi connectivity index (χ3n) is 4.01. The first-order valence-electron chi connectivity index (χ1n) is 8.12. The maximum absolute atomic E-state index is 12.5. The molecule has 6 nitrogen and oxygen atoms in total. The number of carbonyl (C=O) groups is 1. The van der Waals surface area contributed by atoms with E-state index in [1.54, 1.807) is 4.90 Å². The highest BCUT2D eigenvalue weighted by molar-refractivity contribution is 8.00. The van der Waals surface area contributed by atoms with Crippen LogP contribution in [0.4, 0.5) is 4.79 Å². The molecule has 0 N–H and O–H groups in total. The van der Waals surface area contributed by atoms with E-state index in [4.69, 9.17) is 9.47 Å². The number of fused-ring (bicyclic) bond motifs is 1. The first kappa shape index (κ1) is 16.6. The third-order valence-corrected chi connectivity index (χ3v) is 5.31. The van der Waals surface area contributed by atoms with Crippen molar-refractivity contribution in [3.8, 4) is 0 Å². The Morgan fingerprint density at radius 1 is 1.48 bits per heavy atom. The zero-order chi connectivity index (χ0) is 16.6. The molecule has 1 amide bonds. The second-order valence-corrected chi connectivity index (χ2v) is 8.54. The molecule has 0 aliphatic carbocycles. The van der Waals surface area contributed by atoms with Gasteiger partial charge in [0.15, 0.2) is 0 Å². The Labute approximate surface area is 141 Å². The summed E-state index contributed by atoms with van der Waals surface area (Å²) in [6.07, 6.45) is 2.74. The number of rotatable bonds is 2. The first-order chi connectivity index (χ1) is 10.8. The fraction of sp³-hybridized carbons (Fsp3) is 0.750. The van der Waals surface area contributed by atoms with Gasteiger partial charge in [0, 0.05) is 11.9 Å². The smallest absolute Gasteiger partial charge is 0.410 e. The van der Waals surface area contributed by atoms with Gasteiger partial charge in [-0.2, -0.15) is 5.10 Å². The molecule has 2 atom stereocenters. The van der Waals surface area contributed by atoms with E-state index >= 15 is 0 Å². The minimum absolute atomic E-state index is 0.0740. The molecule has 1 aromatic heterocycles. The van der Waals surface area contributed by atoms with E-state index in [1.165, 1.54) is 0 Å². The molecule has 128 valence electrons. The van der Waals surface area contributed by atoms with Crippen LogP contribution in [0.3, 0.4) is 0 Å². The Morgan fingerprint density at radius 2 is 2.26 bits per heavy atom. The molecule has 0 bridgehead atoms. The van der Waals surface area contributed by atoms with Gasteiger partial charge in [-0.3, -0.25) is 9.58 Å². The molecule has 3 heterocycles. The van der Waals surface area contributed by atoms with E-state index in [0.29, 0.717) is 18.3 Å². The maximum atomic E-state index is 12.5. The number of carbonyl (C=O) groups excluding carboxylic acids is 1. The van der Waals surface area contributed by atoms with Crippen LogP contribution < -0.4 is 0 Å². The third kappa shape index (κ3) is 3.83. The number of thioether (sulfide) groups is 1. The highest BCUT2D eigenvalue weighted by Crippen LogP contribution is 2.34. The monoisotopic (exact) mass is 339 g/mol. The van der Waals surface area contributed by atoms with Crippen LogP contribution in [0.5, 0.6) is 0 Å². The second kappa shape index (κ2) is 6.36. The van der Waals surface area contributed by atoms with E-state index in [-0.39, 0.29) is 12.1 Å². The molecule has 2 aliphatic heterocycles. The number of amides is 1. The van der Waals surface area contributed by atoms with Gasteiger partial charge in [-0.1, -0.05) is 0 Å². The normalized spacial score (nSPS) is 24.6. The van der Waals surface area contributed by atoms with Crippen molar-refractivity contribution in [2.45, 2.75) is 69.0 Å². The number of nitrogens with zero attached hydrogens (tertiary/aromatic N) is 3. The predicted octanol–water partition coefficient (Wildman–Crippen LogP) is 2.90. The fourth-order valence-electron chi connectivity index (χ4n) is 2.83. The molecule has 0 spiro atoms. The molecule has 2 aliphatic rings. The zero-order valence-electron chi connectivity index (χ0n) is 14.2. The Kier molecular flexibility index (Phi) is 4.60. The zero-order valence-corrected chi connectivity index (χ0v) is 15.1. The Hall–Kier alpha value is -1.21. The minimum Gasteiger partial charge on any atom is -0.444 e. The van der Waals surface area contributed by atoms with Gasteiger partial charge in [-0.25, -0.2) is 4.79 Å². The standard InChI is InChI=1S/C16H25N3O3S/c1-11-8-19-13(9-18(11)15(20)22-16(2,3)4)14(7-17-19)23-12-5-6-21-10-12/h7,11-12H,5-6,8-10H2,1-4H3/t11-,12?/m0/s1. The summed E-state index contributed by atoms with van der Waals surface area (Å²) < 4.78 is 13.0. The van der Waals surface area contributed by atoms with E-state index < -0.39 is 5.60 Å². The molecule has 23 heavy (non-hydrogen) atoms. The molecular formula is C16H25N3O3S. The van der Waals surface area contributed by atoms with Crippen molar-refractivity contribution in [2.24, 2.45) is 0 Å². The molecule has 0 aromatic carbocycles. The van der Waals surface area contributed by atoms with E-state index in [1.807, 2.05) is 50.3 Å². The molecule has 0 saturated carbocycles. The van der Waals surface area contributed by atoms with Crippen molar-refractivity contribution in [3.05, 3.63) is 11.9 Å². The molecule has 0 radical (unpaired) electrons. The van der Waals surface area contributed by atoms with Crippen molar-refractivity contribution >= 4 is 17.9 Å². The van der Waals surface area contributed by atoms with Crippen LogP contribution in [0.15, 0.2) is 11.1 Å². The van der Waals surface area contributed by atoms with Crippen molar-refractivity contribution < 1.29 is 14.3 Å². The van der Waals surface area contributed by atoms with Crippen LogP contribution in [-0.4, -0.2) is 50.9 Å². The molecule has 1 saturated heterocycles. The summed E-state index contributed by atoms with van der Waals surface area (Å²) in [6, 6.07) is 0.0740. The quantitative estimate of drug-likeness (QED) is 0.829. The van der Waals surface area contributed by atoms with Gasteiger partial charge >= 0.3 is 6.09 Å². The largest absolute Gasteiger partial charge is 0.444 e. The van der Waals surface area contributed by atoms with E-state index in [2.05, 4.69) is 5.10 Å². The molecule has 7 heteroatoms. The van der Waals surface area contributed by atoms with Crippen LogP contribution in [-0.2, 0) is 22.6 Å². The van der Waals surface area contributed by atoms with Crippen molar-refractivity contribution in [1.29, 1.82) is 0 Å². The summed E-state index contributed by atoms with van der Waals surface area (Å²) in [5.74, 6) is 0. The number of ether oxygens (including phenoxy) is 2. The van der Waals surface area contributed by atoms with Crippen LogP contribution in [0.2, 0.25) is 0 Å². The maximum Gasteiger partial charge on any atom is 0.410 e. The van der Waals surface area contributed by atoms with Gasteiger partial charge in [0.2, 0.25) is 0 Å². The van der Waals surface area contributed by atoms with Crippen LogP contribution >= 0.6 is 11.8 Å². The number of hydrogen-bond acceptors (Lipinski definition) is 5. The van der Waals surface area contributed by atoms with Crippen LogP contribution in [0.25, 0.3) is 0 Å². The molecule has 1 unspecified atom stereocenters.